The maximum atomic E-state index is 12.4. The number of aryl methyl sites for hydroxylation is 2. The van der Waals surface area contributed by atoms with Crippen molar-refractivity contribution in [2.75, 3.05) is 5.32 Å². The average Bonchev–Trinajstić information content (AvgIpc) is 2.62. The molecule has 0 saturated heterocycles. The van der Waals surface area contributed by atoms with Crippen LogP contribution in [0, 0.1) is 13.8 Å². The van der Waals surface area contributed by atoms with E-state index in [0.29, 0.717) is 28.9 Å². The molecule has 0 unspecified atom stereocenters. The highest BCUT2D eigenvalue weighted by molar-refractivity contribution is 6.30. The molecule has 132 valence electrons. The van der Waals surface area contributed by atoms with E-state index in [1.54, 1.807) is 18.2 Å². The molecule has 2 N–H and O–H groups in total. The standard InChI is InChI=1S/C20H19ClN4O/c1-13-3-5-15(6-4-13)12-22-19(26)18-11-14(2)23-20(25-18)24-17-9-7-16(21)8-10-17/h3-11H,12H2,1-2H3,(H,22,26)(H,23,24,25). The Balaban J connectivity index is 1.70. The number of rotatable bonds is 5. The van der Waals surface area contributed by atoms with E-state index >= 15 is 0 Å². The number of anilines is 2. The van der Waals surface area contributed by atoms with Crippen LogP contribution in [0.1, 0.15) is 27.3 Å². The van der Waals surface area contributed by atoms with E-state index in [1.165, 1.54) is 5.56 Å². The van der Waals surface area contributed by atoms with Gasteiger partial charge >= 0.3 is 0 Å². The van der Waals surface area contributed by atoms with Gasteiger partial charge in [0.05, 0.1) is 0 Å². The molecular weight excluding hydrogens is 348 g/mol. The Morgan fingerprint density at radius 1 is 1.00 bits per heavy atom. The maximum Gasteiger partial charge on any atom is 0.270 e. The minimum atomic E-state index is -0.241. The molecule has 3 aromatic rings. The normalized spacial score (nSPS) is 10.4. The van der Waals surface area contributed by atoms with Gasteiger partial charge in [0.1, 0.15) is 5.69 Å². The van der Waals surface area contributed by atoms with Gasteiger partial charge in [-0.1, -0.05) is 41.4 Å². The van der Waals surface area contributed by atoms with Gasteiger partial charge in [-0.25, -0.2) is 9.97 Å². The van der Waals surface area contributed by atoms with Gasteiger partial charge in [0.25, 0.3) is 5.91 Å². The zero-order valence-electron chi connectivity index (χ0n) is 14.6. The summed E-state index contributed by atoms with van der Waals surface area (Å²) in [4.78, 5) is 21.1. The van der Waals surface area contributed by atoms with Crippen molar-refractivity contribution in [2.24, 2.45) is 0 Å². The van der Waals surface area contributed by atoms with Crippen molar-refractivity contribution in [3.05, 3.63) is 82.1 Å². The Morgan fingerprint density at radius 3 is 2.38 bits per heavy atom. The molecule has 3 rings (SSSR count). The molecule has 1 heterocycles. The predicted octanol–water partition coefficient (Wildman–Crippen LogP) is 4.42. The topological polar surface area (TPSA) is 66.9 Å². The van der Waals surface area contributed by atoms with Gasteiger partial charge in [0, 0.05) is 22.9 Å². The summed E-state index contributed by atoms with van der Waals surface area (Å²) >= 11 is 5.89. The molecular formula is C20H19ClN4O. The fraction of sp³-hybridized carbons (Fsp3) is 0.150. The van der Waals surface area contributed by atoms with Crippen molar-refractivity contribution < 1.29 is 4.79 Å². The van der Waals surface area contributed by atoms with E-state index in [-0.39, 0.29) is 5.91 Å². The number of hydrogen-bond donors (Lipinski definition) is 2. The quantitative estimate of drug-likeness (QED) is 0.701. The summed E-state index contributed by atoms with van der Waals surface area (Å²) in [6.45, 7) is 4.30. The lowest BCUT2D eigenvalue weighted by Gasteiger charge is -2.09. The smallest absolute Gasteiger partial charge is 0.270 e. The zero-order chi connectivity index (χ0) is 18.5. The number of aromatic nitrogens is 2. The largest absolute Gasteiger partial charge is 0.347 e. The molecule has 1 aromatic heterocycles. The summed E-state index contributed by atoms with van der Waals surface area (Å²) in [5, 5.41) is 6.62. The van der Waals surface area contributed by atoms with Crippen LogP contribution in [0.25, 0.3) is 0 Å². The van der Waals surface area contributed by atoms with Crippen LogP contribution in [0.2, 0.25) is 5.02 Å². The molecule has 0 saturated carbocycles. The number of hydrogen-bond acceptors (Lipinski definition) is 4. The first-order chi connectivity index (χ1) is 12.5. The first-order valence-corrected chi connectivity index (χ1v) is 8.59. The number of benzene rings is 2. The van der Waals surface area contributed by atoms with Gasteiger partial charge in [-0.2, -0.15) is 0 Å². The Hall–Kier alpha value is -2.92. The SMILES string of the molecule is Cc1ccc(CNC(=O)c2cc(C)nc(Nc3ccc(Cl)cc3)n2)cc1. The molecule has 1 amide bonds. The first kappa shape index (κ1) is 17.9. The number of nitrogens with zero attached hydrogens (tertiary/aromatic N) is 2. The monoisotopic (exact) mass is 366 g/mol. The van der Waals surface area contributed by atoms with Gasteiger partial charge in [0.15, 0.2) is 0 Å². The zero-order valence-corrected chi connectivity index (χ0v) is 15.3. The van der Waals surface area contributed by atoms with Crippen LogP contribution in [0.4, 0.5) is 11.6 Å². The second-order valence-corrected chi connectivity index (χ2v) is 6.45. The van der Waals surface area contributed by atoms with Crippen molar-refractivity contribution in [3.63, 3.8) is 0 Å². The van der Waals surface area contributed by atoms with Crippen LogP contribution in [-0.2, 0) is 6.54 Å². The van der Waals surface area contributed by atoms with Crippen LogP contribution in [0.3, 0.4) is 0 Å². The van der Waals surface area contributed by atoms with Gasteiger partial charge in [-0.05, 0) is 49.7 Å². The summed E-state index contributed by atoms with van der Waals surface area (Å²) in [6.07, 6.45) is 0. The minimum Gasteiger partial charge on any atom is -0.347 e. The molecule has 0 aliphatic carbocycles. The minimum absolute atomic E-state index is 0.241. The highest BCUT2D eigenvalue weighted by Crippen LogP contribution is 2.17. The molecule has 5 nitrogen and oxygen atoms in total. The van der Waals surface area contributed by atoms with Crippen LogP contribution in [-0.4, -0.2) is 15.9 Å². The van der Waals surface area contributed by atoms with Crippen molar-refractivity contribution in [1.29, 1.82) is 0 Å². The summed E-state index contributed by atoms with van der Waals surface area (Å²) in [7, 11) is 0. The fourth-order valence-electron chi connectivity index (χ4n) is 2.38. The third-order valence-corrected chi connectivity index (χ3v) is 4.01. The van der Waals surface area contributed by atoms with Crippen LogP contribution in [0.15, 0.2) is 54.6 Å². The van der Waals surface area contributed by atoms with E-state index in [9.17, 15) is 4.79 Å². The second kappa shape index (κ2) is 7.97. The molecule has 0 atom stereocenters. The highest BCUT2D eigenvalue weighted by atomic mass is 35.5. The third kappa shape index (κ3) is 4.80. The lowest BCUT2D eigenvalue weighted by Crippen LogP contribution is -2.24. The van der Waals surface area contributed by atoms with E-state index in [2.05, 4.69) is 20.6 Å². The molecule has 2 aromatic carbocycles. The first-order valence-electron chi connectivity index (χ1n) is 8.21. The molecule has 0 aliphatic rings. The number of halogens is 1. The van der Waals surface area contributed by atoms with E-state index in [1.807, 2.05) is 50.2 Å². The van der Waals surface area contributed by atoms with E-state index in [4.69, 9.17) is 11.6 Å². The number of carbonyl (C=O) groups excluding carboxylic acids is 1. The van der Waals surface area contributed by atoms with Gasteiger partial charge in [-0.15, -0.1) is 0 Å². The number of amides is 1. The third-order valence-electron chi connectivity index (χ3n) is 3.76. The summed E-state index contributed by atoms with van der Waals surface area (Å²) in [6, 6.07) is 16.9. The van der Waals surface area contributed by atoms with Crippen molar-refractivity contribution in [3.8, 4) is 0 Å². The summed E-state index contributed by atoms with van der Waals surface area (Å²) in [5.74, 6) is 0.128. The molecule has 0 spiro atoms. The van der Waals surface area contributed by atoms with E-state index in [0.717, 1.165) is 11.3 Å². The van der Waals surface area contributed by atoms with Gasteiger partial charge in [0.2, 0.25) is 5.95 Å². The molecule has 26 heavy (non-hydrogen) atoms. The Labute approximate surface area is 157 Å². The second-order valence-electron chi connectivity index (χ2n) is 6.02. The lowest BCUT2D eigenvalue weighted by molar-refractivity contribution is 0.0945. The number of carbonyl (C=O) groups is 1. The van der Waals surface area contributed by atoms with Crippen LogP contribution >= 0.6 is 11.6 Å². The predicted molar refractivity (Wildman–Crippen MR) is 104 cm³/mol. The highest BCUT2D eigenvalue weighted by Gasteiger charge is 2.11. The fourth-order valence-corrected chi connectivity index (χ4v) is 2.51. The lowest BCUT2D eigenvalue weighted by atomic mass is 10.1. The van der Waals surface area contributed by atoms with Gasteiger partial charge < -0.3 is 10.6 Å². The molecule has 0 fully saturated rings. The maximum absolute atomic E-state index is 12.4. The molecule has 0 bridgehead atoms. The van der Waals surface area contributed by atoms with Gasteiger partial charge in [-0.3, -0.25) is 4.79 Å². The van der Waals surface area contributed by atoms with Crippen molar-refractivity contribution in [1.82, 2.24) is 15.3 Å². The Morgan fingerprint density at radius 2 is 1.69 bits per heavy atom. The number of nitrogens with one attached hydrogen (secondary N) is 2. The van der Waals surface area contributed by atoms with Crippen molar-refractivity contribution >= 4 is 29.1 Å². The Kier molecular flexibility index (Phi) is 5.49. The molecule has 0 radical (unpaired) electrons. The van der Waals surface area contributed by atoms with E-state index < -0.39 is 0 Å². The van der Waals surface area contributed by atoms with Crippen LogP contribution < -0.4 is 10.6 Å². The summed E-state index contributed by atoms with van der Waals surface area (Å²) in [5.41, 5.74) is 4.04. The molecule has 6 heteroatoms. The van der Waals surface area contributed by atoms with Crippen LogP contribution in [0.5, 0.6) is 0 Å². The molecule has 0 aliphatic heterocycles. The summed E-state index contributed by atoms with van der Waals surface area (Å²) < 4.78 is 0. The Bertz CT molecular complexity index is 908. The average molecular weight is 367 g/mol. The van der Waals surface area contributed by atoms with Crippen molar-refractivity contribution in [2.45, 2.75) is 20.4 Å².